The second-order valence-electron chi connectivity index (χ2n) is 6.76. The number of carbonyl (C=O) groups is 1. The zero-order valence-corrected chi connectivity index (χ0v) is 15.4. The van der Waals surface area contributed by atoms with Crippen molar-refractivity contribution in [3.8, 4) is 0 Å². The molecule has 1 unspecified atom stereocenters. The molecular formula is C21H28N2O2. The van der Waals surface area contributed by atoms with Crippen molar-refractivity contribution >= 4 is 5.91 Å². The molecule has 1 aromatic heterocycles. The molecule has 0 fully saturated rings. The molecule has 1 N–H and O–H groups in total. The normalized spacial score (nSPS) is 12.2. The molecule has 4 heteroatoms. The second kappa shape index (κ2) is 9.21. The molecule has 0 saturated heterocycles. The highest BCUT2D eigenvalue weighted by Gasteiger charge is 2.18. The first-order valence-corrected chi connectivity index (χ1v) is 9.05. The molecule has 134 valence electrons. The van der Waals surface area contributed by atoms with Gasteiger partial charge in [-0.2, -0.15) is 0 Å². The van der Waals surface area contributed by atoms with Gasteiger partial charge in [0.25, 0.3) is 5.56 Å². The first-order chi connectivity index (χ1) is 12.0. The molecule has 2 rings (SSSR count). The fraction of sp³-hybridized carbons (Fsp3) is 0.429. The summed E-state index contributed by atoms with van der Waals surface area (Å²) in [5, 5.41) is 3.12. The van der Waals surface area contributed by atoms with E-state index in [1.165, 1.54) is 11.6 Å². The van der Waals surface area contributed by atoms with Crippen LogP contribution in [0.15, 0.2) is 53.5 Å². The molecule has 0 aliphatic carbocycles. The van der Waals surface area contributed by atoms with E-state index in [0.29, 0.717) is 18.9 Å². The van der Waals surface area contributed by atoms with Crippen LogP contribution in [0.5, 0.6) is 0 Å². The lowest BCUT2D eigenvalue weighted by Gasteiger charge is -2.23. The maximum absolute atomic E-state index is 12.4. The number of hydrogen-bond acceptors (Lipinski definition) is 2. The van der Waals surface area contributed by atoms with Crippen LogP contribution in [0.25, 0.3) is 0 Å². The molecule has 1 atom stereocenters. The summed E-state index contributed by atoms with van der Waals surface area (Å²) in [7, 11) is 0. The third-order valence-electron chi connectivity index (χ3n) is 4.34. The van der Waals surface area contributed by atoms with Crippen LogP contribution in [0.4, 0.5) is 0 Å². The van der Waals surface area contributed by atoms with Crippen LogP contribution in [-0.4, -0.2) is 10.5 Å². The van der Waals surface area contributed by atoms with Gasteiger partial charge in [-0.3, -0.25) is 9.59 Å². The highest BCUT2D eigenvalue weighted by Crippen LogP contribution is 2.22. The number of hydrogen-bond donors (Lipinski definition) is 1. The maximum Gasteiger partial charge on any atom is 0.250 e. The summed E-state index contributed by atoms with van der Waals surface area (Å²) >= 11 is 0. The Morgan fingerprint density at radius 2 is 1.84 bits per heavy atom. The van der Waals surface area contributed by atoms with E-state index in [-0.39, 0.29) is 17.5 Å². The Bertz CT molecular complexity index is 732. The van der Waals surface area contributed by atoms with E-state index in [0.717, 1.165) is 18.4 Å². The van der Waals surface area contributed by atoms with Crippen LogP contribution in [0.2, 0.25) is 0 Å². The van der Waals surface area contributed by atoms with Crippen LogP contribution in [0, 0.1) is 5.92 Å². The highest BCUT2D eigenvalue weighted by atomic mass is 16.2. The van der Waals surface area contributed by atoms with Crippen LogP contribution < -0.4 is 10.9 Å². The minimum absolute atomic E-state index is 0.0179. The van der Waals surface area contributed by atoms with Gasteiger partial charge in [-0.05, 0) is 29.5 Å². The number of amides is 1. The molecule has 2 aromatic rings. The van der Waals surface area contributed by atoms with Crippen LogP contribution >= 0.6 is 0 Å². The van der Waals surface area contributed by atoms with Gasteiger partial charge in [-0.25, -0.2) is 0 Å². The number of rotatable bonds is 8. The van der Waals surface area contributed by atoms with Crippen molar-refractivity contribution in [1.82, 2.24) is 9.88 Å². The second-order valence-corrected chi connectivity index (χ2v) is 6.76. The predicted octanol–water partition coefficient (Wildman–Crippen LogP) is 3.70. The SMILES string of the molecule is CCCc1ccc(C(NC(=O)CCn2ccccc2=O)C(C)C)cc1. The van der Waals surface area contributed by atoms with Crippen LogP contribution in [-0.2, 0) is 17.8 Å². The fourth-order valence-electron chi connectivity index (χ4n) is 2.93. The van der Waals surface area contributed by atoms with Gasteiger partial charge in [0.2, 0.25) is 5.91 Å². The van der Waals surface area contributed by atoms with Crippen LogP contribution in [0.3, 0.4) is 0 Å². The lowest BCUT2D eigenvalue weighted by molar-refractivity contribution is -0.122. The Morgan fingerprint density at radius 1 is 1.12 bits per heavy atom. The molecule has 4 nitrogen and oxygen atoms in total. The third kappa shape index (κ3) is 5.59. The Hall–Kier alpha value is -2.36. The number of nitrogens with one attached hydrogen (secondary N) is 1. The summed E-state index contributed by atoms with van der Waals surface area (Å²) in [5.41, 5.74) is 2.37. The van der Waals surface area contributed by atoms with Gasteiger partial charge in [0, 0.05) is 25.2 Å². The largest absolute Gasteiger partial charge is 0.349 e. The molecule has 0 bridgehead atoms. The zero-order valence-electron chi connectivity index (χ0n) is 15.4. The summed E-state index contributed by atoms with van der Waals surface area (Å²) in [6.07, 6.45) is 4.20. The molecule has 25 heavy (non-hydrogen) atoms. The van der Waals surface area contributed by atoms with Gasteiger partial charge >= 0.3 is 0 Å². The molecule has 0 aliphatic heterocycles. The van der Waals surface area contributed by atoms with Gasteiger partial charge in [0.05, 0.1) is 6.04 Å². The highest BCUT2D eigenvalue weighted by molar-refractivity contribution is 5.76. The summed E-state index contributed by atoms with van der Waals surface area (Å²) < 4.78 is 1.56. The smallest absolute Gasteiger partial charge is 0.250 e. The quantitative estimate of drug-likeness (QED) is 0.796. The van der Waals surface area contributed by atoms with E-state index in [1.807, 2.05) is 0 Å². The van der Waals surface area contributed by atoms with Crippen molar-refractivity contribution in [1.29, 1.82) is 0 Å². The molecule has 1 heterocycles. The summed E-state index contributed by atoms with van der Waals surface area (Å²) in [6, 6.07) is 13.5. The minimum atomic E-state index is -0.0813. The molecule has 0 saturated carbocycles. The fourth-order valence-corrected chi connectivity index (χ4v) is 2.93. The van der Waals surface area contributed by atoms with E-state index in [9.17, 15) is 9.59 Å². The van der Waals surface area contributed by atoms with Crippen molar-refractivity contribution in [2.75, 3.05) is 0 Å². The molecule has 0 radical (unpaired) electrons. The van der Waals surface area contributed by atoms with Gasteiger partial charge in [-0.1, -0.05) is 57.5 Å². The Balaban J connectivity index is 1.99. The van der Waals surface area contributed by atoms with Gasteiger partial charge in [-0.15, -0.1) is 0 Å². The Morgan fingerprint density at radius 3 is 2.44 bits per heavy atom. The number of nitrogens with zero attached hydrogens (tertiary/aromatic N) is 1. The first-order valence-electron chi connectivity index (χ1n) is 9.05. The van der Waals surface area contributed by atoms with Crippen molar-refractivity contribution in [2.45, 2.75) is 52.6 Å². The number of benzene rings is 1. The number of pyridine rings is 1. The topological polar surface area (TPSA) is 51.1 Å². The number of carbonyl (C=O) groups excluding carboxylic acids is 1. The summed E-state index contributed by atoms with van der Waals surface area (Å²) in [4.78, 5) is 24.1. The Labute approximate surface area is 149 Å². The van der Waals surface area contributed by atoms with Crippen molar-refractivity contribution < 1.29 is 4.79 Å². The van der Waals surface area contributed by atoms with Crippen molar-refractivity contribution in [3.05, 3.63) is 70.1 Å². The summed E-state index contributed by atoms with van der Waals surface area (Å²) in [5.74, 6) is 0.257. The predicted molar refractivity (Wildman–Crippen MR) is 101 cm³/mol. The van der Waals surface area contributed by atoms with Gasteiger partial charge in [0.15, 0.2) is 0 Å². The van der Waals surface area contributed by atoms with E-state index in [4.69, 9.17) is 0 Å². The zero-order chi connectivity index (χ0) is 18.2. The minimum Gasteiger partial charge on any atom is -0.349 e. The molecule has 0 spiro atoms. The molecule has 1 amide bonds. The molecular weight excluding hydrogens is 312 g/mol. The number of aromatic nitrogens is 1. The molecule has 1 aromatic carbocycles. The van der Waals surface area contributed by atoms with Crippen molar-refractivity contribution in [3.63, 3.8) is 0 Å². The molecule has 0 aliphatic rings. The maximum atomic E-state index is 12.4. The Kier molecular flexibility index (Phi) is 6.99. The lowest BCUT2D eigenvalue weighted by atomic mass is 9.94. The standard InChI is InChI=1S/C21H28N2O2/c1-4-7-17-9-11-18(12-10-17)21(16(2)3)22-19(24)13-15-23-14-6-5-8-20(23)25/h5-6,8-12,14,16,21H,4,7,13,15H2,1-3H3,(H,22,24). The first kappa shape index (κ1) is 19.0. The summed E-state index contributed by atoms with van der Waals surface area (Å²) in [6.45, 7) is 6.77. The van der Waals surface area contributed by atoms with Gasteiger partial charge in [0.1, 0.15) is 0 Å². The van der Waals surface area contributed by atoms with Crippen molar-refractivity contribution in [2.24, 2.45) is 5.92 Å². The lowest BCUT2D eigenvalue weighted by Crippen LogP contribution is -2.33. The average Bonchev–Trinajstić information content (AvgIpc) is 2.60. The average molecular weight is 340 g/mol. The number of aryl methyl sites for hydroxylation is 2. The van der Waals surface area contributed by atoms with Crippen LogP contribution in [0.1, 0.15) is 50.8 Å². The van der Waals surface area contributed by atoms with E-state index in [2.05, 4.69) is 50.4 Å². The van der Waals surface area contributed by atoms with E-state index < -0.39 is 0 Å². The third-order valence-corrected chi connectivity index (χ3v) is 4.34. The monoisotopic (exact) mass is 340 g/mol. The van der Waals surface area contributed by atoms with E-state index in [1.54, 1.807) is 22.9 Å². The van der Waals surface area contributed by atoms with Gasteiger partial charge < -0.3 is 9.88 Å². The van der Waals surface area contributed by atoms with E-state index >= 15 is 0 Å².